The Morgan fingerprint density at radius 2 is 1.91 bits per heavy atom. The van der Waals surface area contributed by atoms with Gasteiger partial charge in [-0.15, -0.1) is 0 Å². The predicted molar refractivity (Wildman–Crippen MR) is 87.8 cm³/mol. The van der Waals surface area contributed by atoms with Gasteiger partial charge in [-0.2, -0.15) is 0 Å². The van der Waals surface area contributed by atoms with Crippen LogP contribution in [-0.4, -0.2) is 40.2 Å². The maximum atomic E-state index is 10.9. The van der Waals surface area contributed by atoms with Crippen LogP contribution in [0, 0.1) is 0 Å². The number of carbonyl (C=O) groups is 1. The number of piperidine rings is 1. The molecule has 1 aromatic heterocycles. The van der Waals surface area contributed by atoms with Crippen LogP contribution in [-0.2, 0) is 11.2 Å². The average Bonchev–Trinajstić information content (AvgIpc) is 2.55. The molecule has 1 atom stereocenters. The Balaban J connectivity index is 1.72. The number of nitrogens with two attached hydrogens (primary N) is 1. The second-order valence-corrected chi connectivity index (χ2v) is 5.85. The summed E-state index contributed by atoms with van der Waals surface area (Å²) in [5.74, 6) is 0.312. The first-order valence-electron chi connectivity index (χ1n) is 7.74. The van der Waals surface area contributed by atoms with E-state index in [0.29, 0.717) is 12.5 Å². The van der Waals surface area contributed by atoms with E-state index in [-0.39, 0.29) is 18.4 Å². The van der Waals surface area contributed by atoms with E-state index in [1.54, 1.807) is 12.4 Å². The Bertz CT molecular complexity index is 670. The summed E-state index contributed by atoms with van der Waals surface area (Å²) in [5.41, 5.74) is 7.98. The fraction of sp³-hybridized carbons (Fsp3) is 0.353. The monoisotopic (exact) mass is 312 g/mol. The van der Waals surface area contributed by atoms with Gasteiger partial charge in [0.1, 0.15) is 0 Å². The quantitative estimate of drug-likeness (QED) is 0.883. The van der Waals surface area contributed by atoms with E-state index in [1.807, 2.05) is 29.2 Å². The van der Waals surface area contributed by atoms with E-state index in [2.05, 4.69) is 9.97 Å². The lowest BCUT2D eigenvalue weighted by atomic mass is 10.1. The molecule has 1 saturated heterocycles. The summed E-state index contributed by atoms with van der Waals surface area (Å²) in [6.45, 7) is 1.46. The minimum atomic E-state index is -0.339. The summed E-state index contributed by atoms with van der Waals surface area (Å²) in [6.07, 6.45) is 5.30. The number of nitrogens with zero attached hydrogens (tertiary/aromatic N) is 3. The highest BCUT2D eigenvalue weighted by atomic mass is 16.3. The molecule has 1 fully saturated rings. The van der Waals surface area contributed by atoms with Crippen molar-refractivity contribution in [2.75, 3.05) is 18.0 Å². The summed E-state index contributed by atoms with van der Waals surface area (Å²) in [7, 11) is 0. The standard InChI is InChI=1S/C17H20N4O2/c18-16(23)8-12-3-5-13(6-4-12)14-9-19-17(20-10-14)21-7-1-2-15(22)11-21/h3-6,9-10,15,22H,1-2,7-8,11H2,(H2,18,23). The van der Waals surface area contributed by atoms with E-state index in [0.717, 1.165) is 36.1 Å². The van der Waals surface area contributed by atoms with Gasteiger partial charge >= 0.3 is 0 Å². The number of β-amino-alcohol motifs (C(OH)–C–C–N with tert-alkyl or cyclic N) is 1. The molecule has 6 nitrogen and oxygen atoms in total. The third-order valence-corrected chi connectivity index (χ3v) is 3.98. The van der Waals surface area contributed by atoms with Crippen molar-refractivity contribution in [3.05, 3.63) is 42.2 Å². The summed E-state index contributed by atoms with van der Waals surface area (Å²) >= 11 is 0. The number of hydrogen-bond donors (Lipinski definition) is 2. The first-order valence-corrected chi connectivity index (χ1v) is 7.74. The summed E-state index contributed by atoms with van der Waals surface area (Å²) in [5, 5.41) is 9.73. The number of benzene rings is 1. The molecule has 1 aliphatic heterocycles. The predicted octanol–water partition coefficient (Wildman–Crippen LogP) is 1.13. The minimum absolute atomic E-state index is 0.243. The van der Waals surface area contributed by atoms with Gasteiger partial charge in [0.2, 0.25) is 11.9 Å². The number of aliphatic hydroxyl groups is 1. The lowest BCUT2D eigenvalue weighted by Crippen LogP contribution is -2.39. The van der Waals surface area contributed by atoms with Crippen LogP contribution in [0.4, 0.5) is 5.95 Å². The van der Waals surface area contributed by atoms with Gasteiger partial charge in [-0.3, -0.25) is 4.79 Å². The number of aliphatic hydroxyl groups excluding tert-OH is 1. The molecule has 23 heavy (non-hydrogen) atoms. The Morgan fingerprint density at radius 1 is 1.22 bits per heavy atom. The molecule has 3 N–H and O–H groups in total. The number of amides is 1. The maximum absolute atomic E-state index is 10.9. The SMILES string of the molecule is NC(=O)Cc1ccc(-c2cnc(N3CCCC(O)C3)nc2)cc1. The molecule has 3 rings (SSSR count). The van der Waals surface area contributed by atoms with Crippen molar-refractivity contribution >= 4 is 11.9 Å². The van der Waals surface area contributed by atoms with E-state index >= 15 is 0 Å². The van der Waals surface area contributed by atoms with Crippen LogP contribution in [0.2, 0.25) is 0 Å². The first kappa shape index (κ1) is 15.4. The lowest BCUT2D eigenvalue weighted by molar-refractivity contribution is -0.117. The minimum Gasteiger partial charge on any atom is -0.391 e. The van der Waals surface area contributed by atoms with E-state index in [9.17, 15) is 9.90 Å². The molecule has 2 heterocycles. The third kappa shape index (κ3) is 3.84. The lowest BCUT2D eigenvalue weighted by Gasteiger charge is -2.29. The Kier molecular flexibility index (Phi) is 4.52. The molecular formula is C17H20N4O2. The molecule has 120 valence electrons. The molecule has 1 amide bonds. The van der Waals surface area contributed by atoms with Crippen LogP contribution in [0.25, 0.3) is 11.1 Å². The number of aromatic nitrogens is 2. The number of anilines is 1. The van der Waals surface area contributed by atoms with E-state index in [4.69, 9.17) is 5.73 Å². The van der Waals surface area contributed by atoms with Crippen molar-refractivity contribution in [1.29, 1.82) is 0 Å². The van der Waals surface area contributed by atoms with Gasteiger partial charge < -0.3 is 15.7 Å². The fourth-order valence-corrected chi connectivity index (χ4v) is 2.79. The van der Waals surface area contributed by atoms with Gasteiger partial charge in [0, 0.05) is 31.0 Å². The normalized spacial score (nSPS) is 18.0. The molecule has 0 bridgehead atoms. The second-order valence-electron chi connectivity index (χ2n) is 5.85. The van der Waals surface area contributed by atoms with Gasteiger partial charge in [0.05, 0.1) is 12.5 Å². The number of carbonyl (C=O) groups excluding carboxylic acids is 1. The molecule has 0 radical (unpaired) electrons. The zero-order valence-corrected chi connectivity index (χ0v) is 12.9. The molecular weight excluding hydrogens is 292 g/mol. The summed E-state index contributed by atoms with van der Waals surface area (Å²) < 4.78 is 0. The molecule has 0 aliphatic carbocycles. The van der Waals surface area contributed by atoms with Crippen LogP contribution in [0.15, 0.2) is 36.7 Å². The van der Waals surface area contributed by atoms with Crippen molar-refractivity contribution in [3.8, 4) is 11.1 Å². The van der Waals surface area contributed by atoms with E-state index in [1.165, 1.54) is 0 Å². The highest BCUT2D eigenvalue weighted by Crippen LogP contribution is 2.21. The Labute approximate surface area is 135 Å². The summed E-state index contributed by atoms with van der Waals surface area (Å²) in [6, 6.07) is 7.63. The van der Waals surface area contributed by atoms with Crippen LogP contribution in [0.1, 0.15) is 18.4 Å². The first-order chi connectivity index (χ1) is 11.1. The summed E-state index contributed by atoms with van der Waals surface area (Å²) in [4.78, 5) is 21.7. The van der Waals surface area contributed by atoms with Crippen molar-refractivity contribution in [1.82, 2.24) is 9.97 Å². The zero-order valence-electron chi connectivity index (χ0n) is 12.9. The number of primary amides is 1. The molecule has 0 saturated carbocycles. The van der Waals surface area contributed by atoms with Crippen LogP contribution in [0.5, 0.6) is 0 Å². The average molecular weight is 312 g/mol. The topological polar surface area (TPSA) is 92.3 Å². The maximum Gasteiger partial charge on any atom is 0.225 e. The molecule has 1 aromatic carbocycles. The number of rotatable bonds is 4. The van der Waals surface area contributed by atoms with Crippen molar-refractivity contribution in [2.24, 2.45) is 5.73 Å². The van der Waals surface area contributed by atoms with Crippen molar-refractivity contribution in [3.63, 3.8) is 0 Å². The highest BCUT2D eigenvalue weighted by Gasteiger charge is 2.19. The van der Waals surface area contributed by atoms with Gasteiger partial charge in [-0.25, -0.2) is 9.97 Å². The Morgan fingerprint density at radius 3 is 2.52 bits per heavy atom. The molecule has 1 aliphatic rings. The van der Waals surface area contributed by atoms with Gasteiger partial charge in [0.15, 0.2) is 0 Å². The zero-order chi connectivity index (χ0) is 16.2. The third-order valence-electron chi connectivity index (χ3n) is 3.98. The molecule has 0 spiro atoms. The van der Waals surface area contributed by atoms with Crippen molar-refractivity contribution < 1.29 is 9.90 Å². The van der Waals surface area contributed by atoms with Gasteiger partial charge in [0.25, 0.3) is 0 Å². The molecule has 2 aromatic rings. The van der Waals surface area contributed by atoms with Crippen LogP contribution >= 0.6 is 0 Å². The molecule has 6 heteroatoms. The highest BCUT2D eigenvalue weighted by molar-refractivity contribution is 5.77. The van der Waals surface area contributed by atoms with Gasteiger partial charge in [-0.05, 0) is 24.0 Å². The number of hydrogen-bond acceptors (Lipinski definition) is 5. The van der Waals surface area contributed by atoms with Crippen LogP contribution < -0.4 is 10.6 Å². The second kappa shape index (κ2) is 6.75. The largest absolute Gasteiger partial charge is 0.391 e. The fourth-order valence-electron chi connectivity index (χ4n) is 2.79. The van der Waals surface area contributed by atoms with Crippen molar-refractivity contribution in [2.45, 2.75) is 25.4 Å². The van der Waals surface area contributed by atoms with Crippen LogP contribution in [0.3, 0.4) is 0 Å². The molecule has 1 unspecified atom stereocenters. The smallest absolute Gasteiger partial charge is 0.225 e. The Hall–Kier alpha value is -2.47. The van der Waals surface area contributed by atoms with E-state index < -0.39 is 0 Å². The van der Waals surface area contributed by atoms with Gasteiger partial charge in [-0.1, -0.05) is 24.3 Å².